The van der Waals surface area contributed by atoms with Gasteiger partial charge in [-0.3, -0.25) is 0 Å². The zero-order valence-electron chi connectivity index (χ0n) is 9.43. The molecule has 1 unspecified atom stereocenters. The number of aromatic nitrogens is 1. The van der Waals surface area contributed by atoms with Gasteiger partial charge in [0.2, 0.25) is 5.75 Å². The van der Waals surface area contributed by atoms with Gasteiger partial charge in [-0.15, -0.1) is 0 Å². The van der Waals surface area contributed by atoms with Crippen LogP contribution in [0.15, 0.2) is 6.07 Å². The number of hydrogen-bond acceptors (Lipinski definition) is 3. The largest absolute Gasteiger partial charge is 0.478 e. The number of halogens is 4. The van der Waals surface area contributed by atoms with E-state index in [2.05, 4.69) is 4.98 Å². The molecule has 0 radical (unpaired) electrons. The van der Waals surface area contributed by atoms with E-state index in [-0.39, 0.29) is 16.7 Å². The summed E-state index contributed by atoms with van der Waals surface area (Å²) < 4.78 is 46.6. The van der Waals surface area contributed by atoms with E-state index in [1.807, 2.05) is 0 Å². The molecular formula is C10H11ClF3NO2. The summed E-state index contributed by atoms with van der Waals surface area (Å²) in [4.78, 5) is 3.89. The third kappa shape index (κ3) is 3.39. The van der Waals surface area contributed by atoms with Crippen molar-refractivity contribution in [1.82, 2.24) is 4.98 Å². The third-order valence-corrected chi connectivity index (χ3v) is 2.25. The lowest BCUT2D eigenvalue weighted by molar-refractivity contribution is -0.189. The van der Waals surface area contributed by atoms with Crippen LogP contribution in [0.4, 0.5) is 13.2 Å². The normalized spacial score (nSPS) is 13.4. The van der Waals surface area contributed by atoms with Gasteiger partial charge in [-0.25, -0.2) is 4.98 Å². The summed E-state index contributed by atoms with van der Waals surface area (Å²) in [5, 5.41) is 0.0328. The summed E-state index contributed by atoms with van der Waals surface area (Å²) >= 11 is 5.80. The molecule has 96 valence electrons. The molecule has 0 saturated carbocycles. The molecule has 1 rings (SSSR count). The van der Waals surface area contributed by atoms with Crippen LogP contribution in [0, 0.1) is 6.92 Å². The molecule has 1 aromatic rings. The van der Waals surface area contributed by atoms with E-state index in [0.717, 1.165) is 6.92 Å². The minimum absolute atomic E-state index is 0.0328. The van der Waals surface area contributed by atoms with Crippen LogP contribution in [0.1, 0.15) is 12.6 Å². The fourth-order valence-electron chi connectivity index (χ4n) is 1.08. The second-order valence-electron chi connectivity index (χ2n) is 3.39. The Morgan fingerprint density at radius 2 is 2.00 bits per heavy atom. The fourth-order valence-corrected chi connectivity index (χ4v) is 1.37. The molecule has 17 heavy (non-hydrogen) atoms. The molecule has 0 aliphatic carbocycles. The average molecular weight is 270 g/mol. The van der Waals surface area contributed by atoms with Crippen molar-refractivity contribution in [2.45, 2.75) is 26.1 Å². The summed E-state index contributed by atoms with van der Waals surface area (Å²) in [6, 6.07) is 1.41. The van der Waals surface area contributed by atoms with Crippen LogP contribution < -0.4 is 9.47 Å². The first-order valence-electron chi connectivity index (χ1n) is 4.70. The van der Waals surface area contributed by atoms with Crippen LogP contribution >= 0.6 is 11.6 Å². The lowest BCUT2D eigenvalue weighted by Gasteiger charge is -2.19. The molecule has 0 amide bonds. The SMILES string of the molecule is COc1nc(C)cc(Cl)c1OC(C)C(F)(F)F. The number of hydrogen-bond donors (Lipinski definition) is 0. The van der Waals surface area contributed by atoms with Crippen LogP contribution in [-0.4, -0.2) is 24.4 Å². The lowest BCUT2D eigenvalue weighted by Crippen LogP contribution is -2.31. The highest BCUT2D eigenvalue weighted by Gasteiger charge is 2.39. The van der Waals surface area contributed by atoms with Crippen LogP contribution in [0.25, 0.3) is 0 Å². The molecule has 0 aliphatic rings. The topological polar surface area (TPSA) is 31.4 Å². The Bertz CT molecular complexity index is 409. The molecule has 1 aromatic heterocycles. The van der Waals surface area contributed by atoms with Gasteiger partial charge in [0.05, 0.1) is 12.1 Å². The number of methoxy groups -OCH3 is 1. The molecule has 0 fully saturated rings. The summed E-state index contributed by atoms with van der Waals surface area (Å²) in [6.07, 6.45) is -6.46. The van der Waals surface area contributed by atoms with Crippen LogP contribution in [0.3, 0.4) is 0 Å². The van der Waals surface area contributed by atoms with Crippen molar-refractivity contribution < 1.29 is 22.6 Å². The van der Waals surface area contributed by atoms with Crippen LogP contribution in [-0.2, 0) is 0 Å². The maximum absolute atomic E-state index is 12.4. The summed E-state index contributed by atoms with van der Waals surface area (Å²) in [7, 11) is 1.28. The third-order valence-electron chi connectivity index (χ3n) is 1.97. The lowest BCUT2D eigenvalue weighted by atomic mass is 10.3. The molecule has 0 aliphatic heterocycles. The van der Waals surface area contributed by atoms with Gasteiger partial charge in [-0.05, 0) is 19.9 Å². The Balaban J connectivity index is 3.06. The minimum atomic E-state index is -4.47. The molecule has 0 spiro atoms. The molecule has 0 bridgehead atoms. The van der Waals surface area contributed by atoms with Crippen molar-refractivity contribution >= 4 is 11.6 Å². The minimum Gasteiger partial charge on any atom is -0.478 e. The van der Waals surface area contributed by atoms with Gasteiger partial charge in [0.15, 0.2) is 6.10 Å². The fraction of sp³-hybridized carbons (Fsp3) is 0.500. The average Bonchev–Trinajstić information content (AvgIpc) is 2.19. The van der Waals surface area contributed by atoms with Crippen LogP contribution in [0.5, 0.6) is 11.6 Å². The van der Waals surface area contributed by atoms with E-state index in [4.69, 9.17) is 21.1 Å². The van der Waals surface area contributed by atoms with Gasteiger partial charge in [0, 0.05) is 5.69 Å². The number of nitrogens with zero attached hydrogens (tertiary/aromatic N) is 1. The quantitative estimate of drug-likeness (QED) is 0.843. The van der Waals surface area contributed by atoms with Crippen molar-refractivity contribution in [3.63, 3.8) is 0 Å². The molecule has 3 nitrogen and oxygen atoms in total. The van der Waals surface area contributed by atoms with Gasteiger partial charge < -0.3 is 9.47 Å². The zero-order valence-corrected chi connectivity index (χ0v) is 10.2. The highest BCUT2D eigenvalue weighted by Crippen LogP contribution is 2.36. The van der Waals surface area contributed by atoms with Gasteiger partial charge in [0.1, 0.15) is 0 Å². The number of alkyl halides is 3. The van der Waals surface area contributed by atoms with Gasteiger partial charge in [-0.2, -0.15) is 13.2 Å². The first kappa shape index (κ1) is 13.9. The predicted octanol–water partition coefficient (Wildman–Crippen LogP) is 3.38. The van der Waals surface area contributed by atoms with E-state index >= 15 is 0 Å². The number of pyridine rings is 1. The Morgan fingerprint density at radius 1 is 1.41 bits per heavy atom. The van der Waals surface area contributed by atoms with Gasteiger partial charge in [0.25, 0.3) is 5.88 Å². The summed E-state index contributed by atoms with van der Waals surface area (Å²) in [6.45, 7) is 2.53. The number of ether oxygens (including phenoxy) is 2. The highest BCUT2D eigenvalue weighted by molar-refractivity contribution is 6.32. The van der Waals surface area contributed by atoms with Crippen molar-refractivity contribution in [3.8, 4) is 11.6 Å². The Kier molecular flexibility index (Phi) is 4.08. The molecule has 0 N–H and O–H groups in total. The Hall–Kier alpha value is -1.17. The van der Waals surface area contributed by atoms with Crippen molar-refractivity contribution in [2.24, 2.45) is 0 Å². The smallest absolute Gasteiger partial charge is 0.425 e. The second kappa shape index (κ2) is 5.00. The predicted molar refractivity (Wildman–Crippen MR) is 56.7 cm³/mol. The molecule has 0 aromatic carbocycles. The van der Waals surface area contributed by atoms with E-state index in [1.54, 1.807) is 6.92 Å². The maximum atomic E-state index is 12.4. The van der Waals surface area contributed by atoms with Gasteiger partial charge >= 0.3 is 6.18 Å². The highest BCUT2D eigenvalue weighted by atomic mass is 35.5. The molecule has 1 heterocycles. The van der Waals surface area contributed by atoms with Crippen LogP contribution in [0.2, 0.25) is 5.02 Å². The van der Waals surface area contributed by atoms with E-state index in [0.29, 0.717) is 5.69 Å². The monoisotopic (exact) mass is 269 g/mol. The molecular weight excluding hydrogens is 259 g/mol. The molecule has 7 heteroatoms. The Morgan fingerprint density at radius 3 is 2.47 bits per heavy atom. The number of aryl methyl sites for hydroxylation is 1. The summed E-state index contributed by atoms with van der Waals surface area (Å²) in [5.41, 5.74) is 0.527. The first-order chi connectivity index (χ1) is 7.75. The van der Waals surface area contributed by atoms with Crippen molar-refractivity contribution in [1.29, 1.82) is 0 Å². The van der Waals surface area contributed by atoms with Crippen molar-refractivity contribution in [3.05, 3.63) is 16.8 Å². The molecule has 0 saturated heterocycles. The standard InChI is InChI=1S/C10H11ClF3NO2/c1-5-4-7(11)8(9(15-5)16-3)17-6(2)10(12,13)14/h4,6H,1-3H3. The maximum Gasteiger partial charge on any atom is 0.425 e. The zero-order chi connectivity index (χ0) is 13.2. The Labute approximate surface area is 102 Å². The van der Waals surface area contributed by atoms with E-state index < -0.39 is 12.3 Å². The van der Waals surface area contributed by atoms with E-state index in [1.165, 1.54) is 13.2 Å². The van der Waals surface area contributed by atoms with Crippen molar-refractivity contribution in [2.75, 3.05) is 7.11 Å². The second-order valence-corrected chi connectivity index (χ2v) is 3.79. The number of rotatable bonds is 3. The van der Waals surface area contributed by atoms with Gasteiger partial charge in [-0.1, -0.05) is 11.6 Å². The molecule has 1 atom stereocenters. The summed E-state index contributed by atoms with van der Waals surface area (Å²) in [5.74, 6) is -0.268. The first-order valence-corrected chi connectivity index (χ1v) is 5.08. The van der Waals surface area contributed by atoms with E-state index in [9.17, 15) is 13.2 Å².